The molecule has 0 spiro atoms. The Hall–Kier alpha value is -1.78. The first-order valence-corrected chi connectivity index (χ1v) is 10.0. The van der Waals surface area contributed by atoms with Gasteiger partial charge in [0.05, 0.1) is 26.6 Å². The number of carbonyl (C=O) groups is 3. The van der Waals surface area contributed by atoms with Gasteiger partial charge in [-0.15, -0.1) is 11.3 Å². The van der Waals surface area contributed by atoms with Crippen molar-refractivity contribution in [2.75, 3.05) is 0 Å². The minimum Gasteiger partial charge on any atom is -0.481 e. The van der Waals surface area contributed by atoms with E-state index in [4.69, 9.17) is 11.6 Å². The number of rotatable bonds is 4. The molecule has 28 heavy (non-hydrogen) atoms. The van der Waals surface area contributed by atoms with E-state index in [2.05, 4.69) is 0 Å². The Labute approximate surface area is 170 Å². The number of fused-ring (bicyclic) bond motifs is 1. The second-order valence-corrected chi connectivity index (χ2v) is 9.01. The molecule has 1 N–H and O–H groups in total. The summed E-state index contributed by atoms with van der Waals surface area (Å²) in [6, 6.07) is 1.92. The number of halogens is 4. The van der Waals surface area contributed by atoms with E-state index in [9.17, 15) is 32.7 Å². The minimum atomic E-state index is -4.46. The van der Waals surface area contributed by atoms with Crippen LogP contribution in [0.5, 0.6) is 0 Å². The first-order valence-electron chi connectivity index (χ1n) is 8.03. The quantitative estimate of drug-likeness (QED) is 0.666. The average Bonchev–Trinajstić information content (AvgIpc) is 3.12. The second-order valence-electron chi connectivity index (χ2n) is 6.18. The van der Waals surface area contributed by atoms with Gasteiger partial charge < -0.3 is 10.0 Å². The summed E-state index contributed by atoms with van der Waals surface area (Å²) in [5, 5.41) is 9.11. The molecule has 1 unspecified atom stereocenters. The molecule has 2 aliphatic rings. The van der Waals surface area contributed by atoms with Crippen LogP contribution in [0.15, 0.2) is 38.2 Å². The molecular weight excluding hydrogens is 439 g/mol. The van der Waals surface area contributed by atoms with E-state index in [-0.39, 0.29) is 44.5 Å². The molecule has 2 heterocycles. The Morgan fingerprint density at radius 3 is 2.68 bits per heavy atom. The van der Waals surface area contributed by atoms with E-state index in [1.807, 2.05) is 0 Å². The molecule has 1 aromatic rings. The van der Waals surface area contributed by atoms with Gasteiger partial charge in [0, 0.05) is 17.7 Å². The van der Waals surface area contributed by atoms with E-state index >= 15 is 0 Å². The predicted molar refractivity (Wildman–Crippen MR) is 98.3 cm³/mol. The summed E-state index contributed by atoms with van der Waals surface area (Å²) in [6.45, 7) is 1.55. The van der Waals surface area contributed by atoms with Crippen LogP contribution in [-0.4, -0.2) is 39.2 Å². The monoisotopic (exact) mass is 451 g/mol. The number of allylic oxidation sites excluding steroid dienone is 2. The summed E-state index contributed by atoms with van der Waals surface area (Å²) >= 11 is 6.55. The van der Waals surface area contributed by atoms with Crippen LogP contribution in [0.25, 0.3) is 0 Å². The lowest BCUT2D eigenvalue weighted by Gasteiger charge is -2.29. The van der Waals surface area contributed by atoms with Gasteiger partial charge in [-0.2, -0.15) is 13.2 Å². The van der Waals surface area contributed by atoms with Gasteiger partial charge in [0.2, 0.25) is 0 Å². The van der Waals surface area contributed by atoms with Gasteiger partial charge in [-0.25, -0.2) is 0 Å². The van der Waals surface area contributed by atoms with Crippen molar-refractivity contribution in [3.8, 4) is 0 Å². The van der Waals surface area contributed by atoms with Crippen LogP contribution < -0.4 is 0 Å². The van der Waals surface area contributed by atoms with Gasteiger partial charge in [-0.3, -0.25) is 14.4 Å². The zero-order chi connectivity index (χ0) is 20.8. The summed E-state index contributed by atoms with van der Waals surface area (Å²) in [5.74, 6) is -2.01. The van der Waals surface area contributed by atoms with Crippen molar-refractivity contribution in [2.24, 2.45) is 0 Å². The number of ketones is 1. The molecule has 1 amide bonds. The maximum atomic E-state index is 13.0. The standard InChI is InChI=1S/C17H13ClF3NO4S2/c1-7-8(6-12(24)25)14-9(2-3-10(23)15(14)18)22(7)16(26)11-4-5-13(27-11)28-17(19,20)21/h4-5,9H,2-3,6H2,1H3,(H,24,25). The van der Waals surface area contributed by atoms with Gasteiger partial charge in [0.1, 0.15) is 0 Å². The third-order valence-corrected chi connectivity index (χ3v) is 6.80. The Bertz CT molecular complexity index is 935. The third kappa shape index (κ3) is 3.99. The highest BCUT2D eigenvalue weighted by molar-refractivity contribution is 8.02. The lowest BCUT2D eigenvalue weighted by atomic mass is 9.89. The van der Waals surface area contributed by atoms with Crippen molar-refractivity contribution in [3.05, 3.63) is 38.9 Å². The molecule has 0 bridgehead atoms. The number of carboxylic acid groups (broad SMARTS) is 1. The van der Waals surface area contributed by atoms with E-state index in [0.29, 0.717) is 28.2 Å². The number of alkyl halides is 3. The van der Waals surface area contributed by atoms with Crippen molar-refractivity contribution < 1.29 is 32.7 Å². The molecule has 1 aromatic heterocycles. The summed E-state index contributed by atoms with van der Waals surface area (Å²) in [6.07, 6.45) is -0.0410. The summed E-state index contributed by atoms with van der Waals surface area (Å²) in [7, 11) is 0. The number of Topliss-reactive ketones (excluding diaryl/α,β-unsaturated/α-hetero) is 1. The predicted octanol–water partition coefficient (Wildman–Crippen LogP) is 4.79. The zero-order valence-corrected chi connectivity index (χ0v) is 16.7. The third-order valence-electron chi connectivity index (χ3n) is 4.45. The molecule has 1 aliphatic carbocycles. The maximum absolute atomic E-state index is 13.0. The Morgan fingerprint density at radius 2 is 2.07 bits per heavy atom. The van der Waals surface area contributed by atoms with E-state index in [0.717, 1.165) is 0 Å². The van der Waals surface area contributed by atoms with Gasteiger partial charge >= 0.3 is 11.5 Å². The highest BCUT2D eigenvalue weighted by atomic mass is 35.5. The fourth-order valence-corrected chi connectivity index (χ4v) is 5.47. The molecule has 150 valence electrons. The number of hydrogen-bond acceptors (Lipinski definition) is 5. The normalized spacial score (nSPS) is 20.1. The second kappa shape index (κ2) is 7.57. The number of aliphatic carboxylic acids is 1. The molecule has 1 aliphatic heterocycles. The van der Waals surface area contributed by atoms with Crippen LogP contribution >= 0.6 is 34.7 Å². The summed E-state index contributed by atoms with van der Waals surface area (Å²) in [5.41, 5.74) is -3.49. The highest BCUT2D eigenvalue weighted by Crippen LogP contribution is 2.45. The van der Waals surface area contributed by atoms with Gasteiger partial charge in [-0.05, 0) is 42.8 Å². The van der Waals surface area contributed by atoms with Crippen LogP contribution in [0.2, 0.25) is 0 Å². The summed E-state index contributed by atoms with van der Waals surface area (Å²) in [4.78, 5) is 37.7. The molecule has 0 saturated carbocycles. The van der Waals surface area contributed by atoms with Crippen LogP contribution in [0.1, 0.15) is 35.9 Å². The van der Waals surface area contributed by atoms with Crippen LogP contribution in [0.4, 0.5) is 13.2 Å². The summed E-state index contributed by atoms with van der Waals surface area (Å²) < 4.78 is 37.6. The van der Waals surface area contributed by atoms with Crippen molar-refractivity contribution in [3.63, 3.8) is 0 Å². The molecule has 0 saturated heterocycles. The fourth-order valence-electron chi connectivity index (χ4n) is 3.38. The van der Waals surface area contributed by atoms with Gasteiger partial charge in [-0.1, -0.05) is 11.6 Å². The smallest absolute Gasteiger partial charge is 0.447 e. The van der Waals surface area contributed by atoms with Gasteiger partial charge in [0.15, 0.2) is 5.78 Å². The molecular formula is C17H13ClF3NO4S2. The van der Waals surface area contributed by atoms with Crippen LogP contribution in [0.3, 0.4) is 0 Å². The molecule has 0 radical (unpaired) electrons. The molecule has 11 heteroatoms. The molecule has 5 nitrogen and oxygen atoms in total. The maximum Gasteiger partial charge on any atom is 0.447 e. The van der Waals surface area contributed by atoms with Gasteiger partial charge in [0.25, 0.3) is 5.91 Å². The van der Waals surface area contributed by atoms with E-state index in [1.54, 1.807) is 6.92 Å². The largest absolute Gasteiger partial charge is 0.481 e. The lowest BCUT2D eigenvalue weighted by molar-refractivity contribution is -0.136. The van der Waals surface area contributed by atoms with Crippen LogP contribution in [-0.2, 0) is 9.59 Å². The number of amides is 1. The first kappa shape index (κ1) is 20.9. The number of carbonyl (C=O) groups excluding carboxylic acids is 2. The lowest BCUT2D eigenvalue weighted by Crippen LogP contribution is -2.38. The van der Waals surface area contributed by atoms with E-state index < -0.39 is 29.8 Å². The number of nitrogens with zero attached hydrogens (tertiary/aromatic N) is 1. The van der Waals surface area contributed by atoms with Crippen LogP contribution in [0, 0.1) is 0 Å². The van der Waals surface area contributed by atoms with E-state index in [1.165, 1.54) is 17.0 Å². The SMILES string of the molecule is CC1=C(CC(=O)O)C2=C(Cl)C(=O)CCC2N1C(=O)c1ccc(SC(F)(F)F)s1. The van der Waals surface area contributed by atoms with Crippen molar-refractivity contribution >= 4 is 52.4 Å². The molecule has 1 atom stereocenters. The van der Waals surface area contributed by atoms with Crippen molar-refractivity contribution in [1.29, 1.82) is 0 Å². The highest BCUT2D eigenvalue weighted by Gasteiger charge is 2.43. The average molecular weight is 452 g/mol. The Balaban J connectivity index is 1.99. The molecule has 0 fully saturated rings. The number of hydrogen-bond donors (Lipinski definition) is 1. The number of carboxylic acids is 1. The topological polar surface area (TPSA) is 74.7 Å². The van der Waals surface area contributed by atoms with Crippen molar-refractivity contribution in [1.82, 2.24) is 4.90 Å². The minimum absolute atomic E-state index is 0.0740. The number of thioether (sulfide) groups is 1. The molecule has 0 aromatic carbocycles. The molecule has 3 rings (SSSR count). The first-order chi connectivity index (χ1) is 13.0. The Kier molecular flexibility index (Phi) is 5.66. The fraction of sp³-hybridized carbons (Fsp3) is 0.353. The zero-order valence-electron chi connectivity index (χ0n) is 14.3. The number of thiophene rings is 1. The Morgan fingerprint density at radius 1 is 1.39 bits per heavy atom. The van der Waals surface area contributed by atoms with Crippen molar-refractivity contribution in [2.45, 2.75) is 41.9 Å².